The van der Waals surface area contributed by atoms with E-state index in [0.29, 0.717) is 22.1 Å². The van der Waals surface area contributed by atoms with Crippen molar-refractivity contribution >= 4 is 29.5 Å². The highest BCUT2D eigenvalue weighted by Crippen LogP contribution is 2.24. The second kappa shape index (κ2) is 8.59. The third kappa shape index (κ3) is 4.69. The molecule has 0 unspecified atom stereocenters. The Balaban J connectivity index is 1.88. The molecule has 0 aliphatic heterocycles. The third-order valence-corrected chi connectivity index (χ3v) is 4.21. The van der Waals surface area contributed by atoms with E-state index < -0.39 is 0 Å². The van der Waals surface area contributed by atoms with E-state index in [4.69, 9.17) is 16.0 Å². The zero-order valence-corrected chi connectivity index (χ0v) is 16.2. The number of furan rings is 1. The number of halogens is 1. The van der Waals surface area contributed by atoms with Gasteiger partial charge in [0.15, 0.2) is 0 Å². The summed E-state index contributed by atoms with van der Waals surface area (Å²) in [4.78, 5) is 26.4. The van der Waals surface area contributed by atoms with E-state index in [0.717, 1.165) is 5.56 Å². The van der Waals surface area contributed by atoms with Crippen LogP contribution in [0.15, 0.2) is 76.8 Å². The highest BCUT2D eigenvalue weighted by molar-refractivity contribution is 6.30. The van der Waals surface area contributed by atoms with Gasteiger partial charge in [-0.15, -0.1) is 0 Å². The number of nitrogens with one attached hydrogen (secondary N) is 1. The second-order valence-corrected chi connectivity index (χ2v) is 6.72. The number of nitrogens with zero attached hydrogens (tertiary/aromatic N) is 1. The van der Waals surface area contributed by atoms with Crippen molar-refractivity contribution < 1.29 is 14.0 Å². The third-order valence-electron chi connectivity index (χ3n) is 3.96. The standard InChI is InChI=1S/C22H19ClN2O3/c1-25(2)22(27)19(24-21(26)16-6-4-3-5-7-16)14-18-12-13-20(28-18)15-8-10-17(23)11-9-15/h3-14H,1-2H3,(H,24,26)/b19-14-. The van der Waals surface area contributed by atoms with E-state index in [1.54, 1.807) is 62.6 Å². The molecule has 0 fully saturated rings. The Morgan fingerprint density at radius 3 is 2.29 bits per heavy atom. The van der Waals surface area contributed by atoms with Gasteiger partial charge in [0.1, 0.15) is 17.2 Å². The number of likely N-dealkylation sites (N-methyl/N-ethyl adjacent to an activating group) is 1. The monoisotopic (exact) mass is 394 g/mol. The molecule has 0 aliphatic rings. The lowest BCUT2D eigenvalue weighted by Gasteiger charge is -2.14. The van der Waals surface area contributed by atoms with Crippen LogP contribution in [0.2, 0.25) is 5.02 Å². The van der Waals surface area contributed by atoms with Gasteiger partial charge < -0.3 is 14.6 Å². The summed E-state index contributed by atoms with van der Waals surface area (Å²) in [5, 5.41) is 3.31. The van der Waals surface area contributed by atoms with Crippen molar-refractivity contribution in [1.82, 2.24) is 10.2 Å². The molecule has 0 saturated carbocycles. The smallest absolute Gasteiger partial charge is 0.269 e. The summed E-state index contributed by atoms with van der Waals surface area (Å²) >= 11 is 5.91. The summed E-state index contributed by atoms with van der Waals surface area (Å²) in [6.07, 6.45) is 1.52. The van der Waals surface area contributed by atoms with Gasteiger partial charge in [0.25, 0.3) is 11.8 Å². The Hall–Kier alpha value is -3.31. The Labute approximate surface area is 168 Å². The maximum Gasteiger partial charge on any atom is 0.269 e. The van der Waals surface area contributed by atoms with Gasteiger partial charge in [0.05, 0.1) is 0 Å². The van der Waals surface area contributed by atoms with Crippen LogP contribution in [0.3, 0.4) is 0 Å². The topological polar surface area (TPSA) is 62.6 Å². The quantitative estimate of drug-likeness (QED) is 0.650. The number of carbonyl (C=O) groups excluding carboxylic acids is 2. The average molecular weight is 395 g/mol. The summed E-state index contributed by atoms with van der Waals surface area (Å²) in [5.41, 5.74) is 1.44. The molecule has 142 valence electrons. The molecule has 2 aromatic carbocycles. The van der Waals surface area contributed by atoms with Crippen LogP contribution in [-0.2, 0) is 4.79 Å². The van der Waals surface area contributed by atoms with Crippen molar-refractivity contribution in [1.29, 1.82) is 0 Å². The second-order valence-electron chi connectivity index (χ2n) is 6.29. The molecule has 0 spiro atoms. The molecule has 0 aliphatic carbocycles. The molecular weight excluding hydrogens is 376 g/mol. The first-order valence-electron chi connectivity index (χ1n) is 8.59. The largest absolute Gasteiger partial charge is 0.457 e. The lowest BCUT2D eigenvalue weighted by Crippen LogP contribution is -2.34. The van der Waals surface area contributed by atoms with E-state index in [1.165, 1.54) is 11.0 Å². The summed E-state index contributed by atoms with van der Waals surface area (Å²) < 4.78 is 5.82. The normalized spacial score (nSPS) is 11.2. The van der Waals surface area contributed by atoms with Gasteiger partial charge in [-0.3, -0.25) is 9.59 Å². The molecule has 1 aromatic heterocycles. The Kier molecular flexibility index (Phi) is 5.96. The zero-order chi connectivity index (χ0) is 20.1. The van der Waals surface area contributed by atoms with Crippen LogP contribution in [0.25, 0.3) is 17.4 Å². The highest BCUT2D eigenvalue weighted by atomic mass is 35.5. The number of rotatable bonds is 5. The molecule has 6 heteroatoms. The molecule has 2 amide bonds. The minimum Gasteiger partial charge on any atom is -0.457 e. The molecule has 28 heavy (non-hydrogen) atoms. The van der Waals surface area contributed by atoms with E-state index in [9.17, 15) is 9.59 Å². The Bertz CT molecular complexity index is 1010. The van der Waals surface area contributed by atoms with Gasteiger partial charge >= 0.3 is 0 Å². The molecule has 0 bridgehead atoms. The van der Waals surface area contributed by atoms with Gasteiger partial charge in [0, 0.05) is 36.3 Å². The fourth-order valence-electron chi connectivity index (χ4n) is 2.52. The molecule has 0 atom stereocenters. The molecule has 0 radical (unpaired) electrons. The van der Waals surface area contributed by atoms with Crippen LogP contribution in [0.1, 0.15) is 16.1 Å². The SMILES string of the molecule is CN(C)C(=O)/C(=C/c1ccc(-c2ccc(Cl)cc2)o1)NC(=O)c1ccccc1. The minimum absolute atomic E-state index is 0.121. The van der Waals surface area contributed by atoms with Crippen LogP contribution < -0.4 is 5.32 Å². The predicted molar refractivity (Wildman–Crippen MR) is 110 cm³/mol. The van der Waals surface area contributed by atoms with Crippen molar-refractivity contribution in [2.75, 3.05) is 14.1 Å². The first-order valence-corrected chi connectivity index (χ1v) is 8.97. The van der Waals surface area contributed by atoms with Crippen molar-refractivity contribution in [3.63, 3.8) is 0 Å². The summed E-state index contributed by atoms with van der Waals surface area (Å²) in [7, 11) is 3.23. The maximum atomic E-state index is 12.5. The Morgan fingerprint density at radius 1 is 0.964 bits per heavy atom. The van der Waals surface area contributed by atoms with E-state index in [2.05, 4.69) is 5.32 Å². The number of benzene rings is 2. The lowest BCUT2D eigenvalue weighted by atomic mass is 10.2. The van der Waals surface area contributed by atoms with Crippen LogP contribution in [0.4, 0.5) is 0 Å². The van der Waals surface area contributed by atoms with Crippen molar-refractivity contribution in [2.45, 2.75) is 0 Å². The van der Waals surface area contributed by atoms with Crippen molar-refractivity contribution in [2.24, 2.45) is 0 Å². The number of hydrogen-bond donors (Lipinski definition) is 1. The number of carbonyl (C=O) groups is 2. The summed E-state index contributed by atoms with van der Waals surface area (Å²) in [6, 6.07) is 19.5. The molecule has 3 rings (SSSR count). The van der Waals surface area contributed by atoms with E-state index in [1.807, 2.05) is 18.2 Å². The van der Waals surface area contributed by atoms with Crippen LogP contribution >= 0.6 is 11.6 Å². The molecule has 5 nitrogen and oxygen atoms in total. The lowest BCUT2D eigenvalue weighted by molar-refractivity contribution is -0.124. The minimum atomic E-state index is -0.369. The summed E-state index contributed by atoms with van der Waals surface area (Å²) in [6.45, 7) is 0. The van der Waals surface area contributed by atoms with Gasteiger partial charge in [-0.25, -0.2) is 0 Å². The number of hydrogen-bond acceptors (Lipinski definition) is 3. The van der Waals surface area contributed by atoms with E-state index >= 15 is 0 Å². The highest BCUT2D eigenvalue weighted by Gasteiger charge is 2.17. The zero-order valence-electron chi connectivity index (χ0n) is 15.5. The van der Waals surface area contributed by atoms with Crippen molar-refractivity contribution in [3.8, 4) is 11.3 Å². The number of amides is 2. The summed E-state index contributed by atoms with van der Waals surface area (Å²) in [5.74, 6) is 0.373. The Morgan fingerprint density at radius 2 is 1.64 bits per heavy atom. The van der Waals surface area contributed by atoms with Crippen LogP contribution in [-0.4, -0.2) is 30.8 Å². The predicted octanol–water partition coefficient (Wildman–Crippen LogP) is 4.46. The fraction of sp³-hybridized carbons (Fsp3) is 0.0909. The molecular formula is C22H19ClN2O3. The van der Waals surface area contributed by atoms with Gasteiger partial charge in [-0.05, 0) is 48.5 Å². The molecule has 1 heterocycles. The average Bonchev–Trinajstić information content (AvgIpc) is 3.16. The van der Waals surface area contributed by atoms with Gasteiger partial charge in [-0.2, -0.15) is 0 Å². The van der Waals surface area contributed by atoms with E-state index in [-0.39, 0.29) is 17.5 Å². The first kappa shape index (κ1) is 19.5. The molecule has 3 aromatic rings. The maximum absolute atomic E-state index is 12.5. The van der Waals surface area contributed by atoms with Crippen molar-refractivity contribution in [3.05, 3.63) is 88.8 Å². The van der Waals surface area contributed by atoms with Crippen LogP contribution in [0, 0.1) is 0 Å². The van der Waals surface area contributed by atoms with Gasteiger partial charge in [-0.1, -0.05) is 29.8 Å². The molecule has 0 saturated heterocycles. The van der Waals surface area contributed by atoms with Crippen LogP contribution in [0.5, 0.6) is 0 Å². The first-order chi connectivity index (χ1) is 13.4. The fourth-order valence-corrected chi connectivity index (χ4v) is 2.64. The van der Waals surface area contributed by atoms with Gasteiger partial charge in [0.2, 0.25) is 0 Å². The molecule has 1 N–H and O–H groups in total.